The van der Waals surface area contributed by atoms with E-state index in [2.05, 4.69) is 41.6 Å². The van der Waals surface area contributed by atoms with Gasteiger partial charge < -0.3 is 19.1 Å². The van der Waals surface area contributed by atoms with Crippen molar-refractivity contribution in [2.24, 2.45) is 0 Å². The standard InChI is InChI=1S/C53H50N8O7/c1-6-18-47-54-44(35-67-41-31-32-45(61(65)66)46(33-41)58(5)51(64)68-52(2,3)4)48(50(62)63)59(47)34-36-27-29-37(30-28-36)42-25-16-17-26-43(42)49-55-56-57-60(49)53(38-19-10-7-11-20-38,39-21-12-8-13-22-39)40-23-14-9-15-24-40/h7-17,19-33H,6,18,34-35H2,1-5H3,(H,62,63). The smallest absolute Gasteiger partial charge is 0.414 e. The average Bonchev–Trinajstić information content (AvgIpc) is 3.97. The molecule has 0 radical (unpaired) electrons. The molecular formula is C53H50N8O7. The van der Waals surface area contributed by atoms with Crippen LogP contribution in [0.4, 0.5) is 16.2 Å². The normalized spacial score (nSPS) is 11.5. The maximum atomic E-state index is 13.0. The number of nitro benzene ring substituents is 1. The van der Waals surface area contributed by atoms with Crippen LogP contribution in [0.1, 0.15) is 78.4 Å². The number of nitrogens with zero attached hydrogens (tertiary/aromatic N) is 8. The fourth-order valence-electron chi connectivity index (χ4n) is 8.46. The number of imidazole rings is 1. The Morgan fingerprint density at radius 1 is 0.779 bits per heavy atom. The molecule has 0 fully saturated rings. The molecule has 0 spiro atoms. The van der Waals surface area contributed by atoms with Crippen LogP contribution in [0.25, 0.3) is 22.5 Å². The molecule has 0 atom stereocenters. The highest BCUT2D eigenvalue weighted by molar-refractivity contribution is 5.91. The molecule has 0 aliphatic rings. The molecule has 0 saturated heterocycles. The first-order valence-corrected chi connectivity index (χ1v) is 22.1. The number of tetrazole rings is 1. The van der Waals surface area contributed by atoms with E-state index in [0.29, 0.717) is 24.5 Å². The summed E-state index contributed by atoms with van der Waals surface area (Å²) in [5.74, 6) is 0.107. The highest BCUT2D eigenvalue weighted by atomic mass is 16.6. The molecule has 15 heteroatoms. The Labute approximate surface area is 393 Å². The first-order chi connectivity index (χ1) is 32.8. The highest BCUT2D eigenvalue weighted by Crippen LogP contribution is 2.43. The van der Waals surface area contributed by atoms with Gasteiger partial charge in [0.05, 0.1) is 4.92 Å². The maximum Gasteiger partial charge on any atom is 0.414 e. The molecule has 2 aromatic heterocycles. The van der Waals surface area contributed by atoms with Crippen molar-refractivity contribution in [2.45, 2.75) is 64.8 Å². The molecule has 15 nitrogen and oxygen atoms in total. The van der Waals surface area contributed by atoms with Crippen LogP contribution in [0.15, 0.2) is 158 Å². The van der Waals surface area contributed by atoms with Crippen molar-refractivity contribution in [3.63, 3.8) is 0 Å². The monoisotopic (exact) mass is 910 g/mol. The van der Waals surface area contributed by atoms with E-state index in [9.17, 15) is 24.8 Å². The van der Waals surface area contributed by atoms with E-state index in [1.165, 1.54) is 25.2 Å². The minimum absolute atomic E-state index is 0.0403. The summed E-state index contributed by atoms with van der Waals surface area (Å²) in [6.07, 6.45) is 0.411. The van der Waals surface area contributed by atoms with Gasteiger partial charge in [0.2, 0.25) is 0 Å². The Bertz CT molecular complexity index is 2960. The molecular weight excluding hydrogens is 861 g/mol. The summed E-state index contributed by atoms with van der Waals surface area (Å²) in [5, 5.41) is 36.3. The zero-order chi connectivity index (χ0) is 48.0. The number of carbonyl (C=O) groups excluding carboxylic acids is 1. The summed E-state index contributed by atoms with van der Waals surface area (Å²) < 4.78 is 15.1. The van der Waals surface area contributed by atoms with Crippen molar-refractivity contribution in [3.05, 3.63) is 207 Å². The summed E-state index contributed by atoms with van der Waals surface area (Å²) >= 11 is 0. The van der Waals surface area contributed by atoms with E-state index in [1.54, 1.807) is 25.3 Å². The van der Waals surface area contributed by atoms with Crippen molar-refractivity contribution >= 4 is 23.4 Å². The van der Waals surface area contributed by atoms with Crippen LogP contribution in [0.5, 0.6) is 5.75 Å². The topological polar surface area (TPSA) is 181 Å². The summed E-state index contributed by atoms with van der Waals surface area (Å²) in [6.45, 7) is 7.02. The van der Waals surface area contributed by atoms with Crippen molar-refractivity contribution in [1.29, 1.82) is 0 Å². The quantitative estimate of drug-likeness (QED) is 0.0553. The van der Waals surface area contributed by atoms with E-state index < -0.39 is 28.1 Å². The van der Waals surface area contributed by atoms with Crippen molar-refractivity contribution in [3.8, 4) is 28.3 Å². The Hall–Kier alpha value is -8.46. The van der Waals surface area contributed by atoms with Gasteiger partial charge in [-0.15, -0.1) is 5.10 Å². The van der Waals surface area contributed by atoms with Crippen molar-refractivity contribution in [2.75, 3.05) is 11.9 Å². The van der Waals surface area contributed by atoms with Gasteiger partial charge in [-0.1, -0.05) is 146 Å². The SMILES string of the molecule is CCCc1nc(COc2ccc([N+](=O)[O-])c(N(C)C(=O)OC(C)(C)C)c2)c(C(=O)O)n1Cc1ccc(-c2ccccc2-c2nnnn2C(c2ccccc2)(c2ccccc2)c2ccccc2)cc1. The molecule has 0 aliphatic carbocycles. The van der Waals surface area contributed by atoms with Gasteiger partial charge in [0.25, 0.3) is 5.69 Å². The number of benzene rings is 6. The molecule has 0 saturated carbocycles. The Balaban J connectivity index is 1.11. The van der Waals surface area contributed by atoms with Crippen molar-refractivity contribution in [1.82, 2.24) is 29.8 Å². The third-order valence-electron chi connectivity index (χ3n) is 11.5. The summed E-state index contributed by atoms with van der Waals surface area (Å²) in [4.78, 5) is 43.0. The number of nitro groups is 1. The second-order valence-electron chi connectivity index (χ2n) is 17.2. The third-order valence-corrected chi connectivity index (χ3v) is 11.5. The van der Waals surface area contributed by atoms with Crippen LogP contribution in [-0.2, 0) is 29.8 Å². The van der Waals surface area contributed by atoms with Crippen LogP contribution < -0.4 is 9.64 Å². The number of aromatic nitrogens is 6. The average molecular weight is 911 g/mol. The number of carbonyl (C=O) groups is 2. The molecule has 1 N–H and O–H groups in total. The van der Waals surface area contributed by atoms with Gasteiger partial charge in [-0.3, -0.25) is 15.0 Å². The lowest BCUT2D eigenvalue weighted by Gasteiger charge is -2.36. The Morgan fingerprint density at radius 2 is 1.35 bits per heavy atom. The molecule has 0 aliphatic heterocycles. The molecule has 0 bridgehead atoms. The predicted octanol–water partition coefficient (Wildman–Crippen LogP) is 10.6. The first kappa shape index (κ1) is 46.1. The summed E-state index contributed by atoms with van der Waals surface area (Å²) in [5.41, 5.74) is 4.35. The number of ether oxygens (including phenoxy) is 2. The van der Waals surface area contributed by atoms with Crippen LogP contribution in [0, 0.1) is 10.1 Å². The lowest BCUT2D eigenvalue weighted by Crippen LogP contribution is -2.39. The zero-order valence-corrected chi connectivity index (χ0v) is 38.3. The molecule has 8 aromatic rings. The Kier molecular flexibility index (Phi) is 13.3. The number of aromatic carboxylic acids is 1. The lowest BCUT2D eigenvalue weighted by atomic mass is 9.77. The van der Waals surface area contributed by atoms with Gasteiger partial charge in [-0.05, 0) is 77.1 Å². The number of aryl methyl sites for hydroxylation is 1. The first-order valence-electron chi connectivity index (χ1n) is 22.1. The summed E-state index contributed by atoms with van der Waals surface area (Å²) in [7, 11) is 1.37. The number of carboxylic acids is 1. The number of rotatable bonds is 16. The van der Waals surface area contributed by atoms with Gasteiger partial charge >= 0.3 is 12.1 Å². The number of hydrogen-bond donors (Lipinski definition) is 1. The van der Waals surface area contributed by atoms with Crippen molar-refractivity contribution < 1.29 is 29.1 Å². The van der Waals surface area contributed by atoms with Gasteiger partial charge in [0.1, 0.15) is 40.7 Å². The third kappa shape index (κ3) is 9.31. The summed E-state index contributed by atoms with van der Waals surface area (Å²) in [6, 6.07) is 50.6. The largest absolute Gasteiger partial charge is 0.487 e. The van der Waals surface area contributed by atoms with Gasteiger partial charge in [-0.2, -0.15) is 0 Å². The zero-order valence-electron chi connectivity index (χ0n) is 38.3. The number of hydrogen-bond acceptors (Lipinski definition) is 10. The van der Waals surface area contributed by atoms with Gasteiger partial charge in [0.15, 0.2) is 11.5 Å². The Morgan fingerprint density at radius 3 is 1.90 bits per heavy atom. The predicted molar refractivity (Wildman–Crippen MR) is 258 cm³/mol. The minimum Gasteiger partial charge on any atom is -0.487 e. The number of anilines is 1. The van der Waals surface area contributed by atoms with Crippen LogP contribution in [-0.4, -0.2) is 64.5 Å². The van der Waals surface area contributed by atoms with E-state index in [0.717, 1.165) is 43.8 Å². The van der Waals surface area contributed by atoms with E-state index in [4.69, 9.17) is 24.8 Å². The minimum atomic E-state index is -1.19. The van der Waals surface area contributed by atoms with E-state index in [1.807, 2.05) is 115 Å². The second-order valence-corrected chi connectivity index (χ2v) is 17.2. The van der Waals surface area contributed by atoms with Crippen LogP contribution in [0.3, 0.4) is 0 Å². The van der Waals surface area contributed by atoms with Crippen LogP contribution >= 0.6 is 0 Å². The molecule has 1 amide bonds. The van der Waals surface area contributed by atoms with Crippen LogP contribution in [0.2, 0.25) is 0 Å². The molecule has 68 heavy (non-hydrogen) atoms. The molecule has 8 rings (SSSR count). The van der Waals surface area contributed by atoms with Gasteiger partial charge in [-0.25, -0.2) is 19.3 Å². The number of carboxylic acid groups (broad SMARTS) is 1. The van der Waals surface area contributed by atoms with E-state index >= 15 is 0 Å². The number of amides is 1. The molecule has 344 valence electrons. The molecule has 2 heterocycles. The maximum absolute atomic E-state index is 13.0. The highest BCUT2D eigenvalue weighted by Gasteiger charge is 2.42. The molecule has 6 aromatic carbocycles. The lowest BCUT2D eigenvalue weighted by molar-refractivity contribution is -0.384. The van der Waals surface area contributed by atoms with Gasteiger partial charge in [0, 0.05) is 37.7 Å². The van der Waals surface area contributed by atoms with E-state index in [-0.39, 0.29) is 41.7 Å². The molecule has 0 unspecified atom stereocenters. The fourth-order valence-corrected chi connectivity index (χ4v) is 8.46. The second kappa shape index (κ2) is 19.6. The fraction of sp³-hybridized carbons (Fsp3) is 0.208.